The van der Waals surface area contributed by atoms with Crippen molar-refractivity contribution in [2.75, 3.05) is 0 Å². The summed E-state index contributed by atoms with van der Waals surface area (Å²) >= 11 is 0. The van der Waals surface area contributed by atoms with E-state index < -0.39 is 29.1 Å². The highest BCUT2D eigenvalue weighted by molar-refractivity contribution is 6.25. The molecule has 0 heterocycles. The van der Waals surface area contributed by atoms with Crippen molar-refractivity contribution in [3.05, 3.63) is 71.8 Å². The van der Waals surface area contributed by atoms with Crippen LogP contribution in [0.15, 0.2) is 60.7 Å². The third-order valence-electron chi connectivity index (χ3n) is 3.58. The number of Topliss-reactive ketones (excluding diaryl/α,β-unsaturated/α-hetero) is 2. The number of rotatable bonds is 6. The number of benzene rings is 2. The molecule has 118 valence electrons. The molecule has 0 amide bonds. The summed E-state index contributed by atoms with van der Waals surface area (Å²) in [7, 11) is 0. The van der Waals surface area contributed by atoms with Crippen LogP contribution in [0.2, 0.25) is 0 Å². The first-order valence-electron chi connectivity index (χ1n) is 6.86. The average Bonchev–Trinajstić information content (AvgIpc) is 2.60. The summed E-state index contributed by atoms with van der Waals surface area (Å²) in [6.07, 6.45) is 0. The van der Waals surface area contributed by atoms with Crippen molar-refractivity contribution in [1.82, 2.24) is 0 Å². The van der Waals surface area contributed by atoms with Crippen molar-refractivity contribution in [3.63, 3.8) is 0 Å². The predicted molar refractivity (Wildman–Crippen MR) is 84.1 cm³/mol. The molecule has 0 saturated carbocycles. The van der Waals surface area contributed by atoms with E-state index in [0.29, 0.717) is 0 Å². The topological polar surface area (TPSA) is 123 Å². The van der Waals surface area contributed by atoms with E-state index in [9.17, 15) is 19.5 Å². The Balaban J connectivity index is 2.55. The Kier molecular flexibility index (Phi) is 4.68. The normalized spacial score (nSPS) is 12.4. The second kappa shape index (κ2) is 6.51. The second-order valence-electron chi connectivity index (χ2n) is 5.08. The summed E-state index contributed by atoms with van der Waals surface area (Å²) in [5, 5.41) is 9.20. The summed E-state index contributed by atoms with van der Waals surface area (Å²) in [5.41, 5.74) is 9.44. The number of aliphatic carboxylic acids is 1. The lowest BCUT2D eigenvalue weighted by Gasteiger charge is -2.30. The van der Waals surface area contributed by atoms with E-state index in [1.807, 2.05) is 0 Å². The van der Waals surface area contributed by atoms with Gasteiger partial charge in [-0.15, -0.1) is 0 Å². The van der Waals surface area contributed by atoms with Crippen molar-refractivity contribution in [1.29, 1.82) is 0 Å². The van der Waals surface area contributed by atoms with Gasteiger partial charge in [0.15, 0.2) is 17.1 Å². The number of hydrogen-bond donors (Lipinski definition) is 3. The van der Waals surface area contributed by atoms with E-state index in [4.69, 9.17) is 11.5 Å². The van der Waals surface area contributed by atoms with E-state index >= 15 is 0 Å². The van der Waals surface area contributed by atoms with E-state index in [-0.39, 0.29) is 11.1 Å². The molecule has 6 nitrogen and oxygen atoms in total. The fourth-order valence-electron chi connectivity index (χ4n) is 2.24. The van der Waals surface area contributed by atoms with Crippen LogP contribution in [0.1, 0.15) is 20.7 Å². The zero-order valence-corrected chi connectivity index (χ0v) is 12.2. The Hall–Kier alpha value is -2.83. The number of carboxylic acid groups (broad SMARTS) is 1. The van der Waals surface area contributed by atoms with Crippen molar-refractivity contribution in [2.24, 2.45) is 11.5 Å². The van der Waals surface area contributed by atoms with Crippen LogP contribution in [-0.4, -0.2) is 34.2 Å². The van der Waals surface area contributed by atoms with E-state index in [1.54, 1.807) is 36.4 Å². The van der Waals surface area contributed by atoms with Crippen molar-refractivity contribution in [3.8, 4) is 0 Å². The van der Waals surface area contributed by atoms with Gasteiger partial charge in [-0.1, -0.05) is 60.7 Å². The molecule has 0 spiro atoms. The molecule has 0 bridgehead atoms. The van der Waals surface area contributed by atoms with Crippen LogP contribution < -0.4 is 11.5 Å². The molecule has 0 aromatic heterocycles. The number of carboxylic acids is 1. The van der Waals surface area contributed by atoms with Gasteiger partial charge in [0.1, 0.15) is 6.04 Å². The molecule has 1 unspecified atom stereocenters. The van der Waals surface area contributed by atoms with Gasteiger partial charge in [0.2, 0.25) is 0 Å². The molecule has 2 aromatic rings. The molecule has 0 radical (unpaired) electrons. The van der Waals surface area contributed by atoms with Crippen LogP contribution in [0, 0.1) is 0 Å². The Labute approximate surface area is 132 Å². The first kappa shape index (κ1) is 16.5. The third kappa shape index (κ3) is 3.03. The molecule has 1 atom stereocenters. The number of hydrogen-bond acceptors (Lipinski definition) is 5. The molecule has 5 N–H and O–H groups in total. The molecule has 6 heteroatoms. The summed E-state index contributed by atoms with van der Waals surface area (Å²) in [6, 6.07) is 13.7. The van der Waals surface area contributed by atoms with Crippen LogP contribution in [0.4, 0.5) is 0 Å². The van der Waals surface area contributed by atoms with Gasteiger partial charge in [0.05, 0.1) is 0 Å². The summed E-state index contributed by atoms with van der Waals surface area (Å²) < 4.78 is 0. The summed E-state index contributed by atoms with van der Waals surface area (Å²) in [6.45, 7) is 0. The molecule has 0 aliphatic heterocycles. The Bertz CT molecular complexity index is 677. The highest BCUT2D eigenvalue weighted by Gasteiger charge is 2.50. The highest BCUT2D eigenvalue weighted by Crippen LogP contribution is 2.20. The fraction of sp³-hybridized carbons (Fsp3) is 0.118. The van der Waals surface area contributed by atoms with Gasteiger partial charge in [0, 0.05) is 11.1 Å². The molecule has 2 aromatic carbocycles. The SMILES string of the molecule is NC(C(=O)O)C(N)(C(=O)c1ccccc1)C(=O)c1ccccc1. The highest BCUT2D eigenvalue weighted by atomic mass is 16.4. The standard InChI is InChI=1S/C17H16N2O4/c18-13(16(22)23)17(19,14(20)11-7-3-1-4-8-11)15(21)12-9-5-2-6-10-12/h1-10,13H,18-19H2,(H,22,23). The molecular formula is C17H16N2O4. The molecule has 23 heavy (non-hydrogen) atoms. The quantitative estimate of drug-likeness (QED) is 0.537. The molecule has 0 saturated heterocycles. The molecule has 0 aliphatic carbocycles. The lowest BCUT2D eigenvalue weighted by Crippen LogP contribution is -2.68. The number of carbonyl (C=O) groups excluding carboxylic acids is 2. The van der Waals surface area contributed by atoms with Crippen LogP contribution in [0.3, 0.4) is 0 Å². The van der Waals surface area contributed by atoms with Crippen LogP contribution in [0.5, 0.6) is 0 Å². The fourth-order valence-corrected chi connectivity index (χ4v) is 2.24. The van der Waals surface area contributed by atoms with Crippen LogP contribution in [-0.2, 0) is 4.79 Å². The van der Waals surface area contributed by atoms with Gasteiger partial charge in [0.25, 0.3) is 0 Å². The predicted octanol–water partition coefficient (Wildman–Crippen LogP) is 0.862. The van der Waals surface area contributed by atoms with Gasteiger partial charge in [-0.2, -0.15) is 0 Å². The average molecular weight is 312 g/mol. The first-order valence-corrected chi connectivity index (χ1v) is 6.86. The lowest BCUT2D eigenvalue weighted by atomic mass is 9.77. The van der Waals surface area contributed by atoms with Crippen molar-refractivity contribution >= 4 is 17.5 Å². The van der Waals surface area contributed by atoms with Crippen LogP contribution in [0.25, 0.3) is 0 Å². The zero-order valence-electron chi connectivity index (χ0n) is 12.2. The van der Waals surface area contributed by atoms with Crippen LogP contribution >= 0.6 is 0 Å². The minimum absolute atomic E-state index is 0.121. The maximum atomic E-state index is 12.7. The smallest absolute Gasteiger partial charge is 0.323 e. The lowest BCUT2D eigenvalue weighted by molar-refractivity contribution is -0.139. The van der Waals surface area contributed by atoms with Gasteiger partial charge < -0.3 is 16.6 Å². The maximum Gasteiger partial charge on any atom is 0.323 e. The first-order chi connectivity index (χ1) is 10.9. The minimum atomic E-state index is -2.39. The molecule has 0 fully saturated rings. The van der Waals surface area contributed by atoms with E-state index in [1.165, 1.54) is 24.3 Å². The molecule has 2 rings (SSSR count). The minimum Gasteiger partial charge on any atom is -0.480 e. The summed E-state index contributed by atoms with van der Waals surface area (Å²) in [4.78, 5) is 36.8. The Morgan fingerprint density at radius 2 is 1.17 bits per heavy atom. The van der Waals surface area contributed by atoms with Gasteiger partial charge in [-0.05, 0) is 0 Å². The van der Waals surface area contributed by atoms with E-state index in [2.05, 4.69) is 0 Å². The van der Waals surface area contributed by atoms with Crippen molar-refractivity contribution in [2.45, 2.75) is 11.6 Å². The molecule has 0 aliphatic rings. The summed E-state index contributed by atoms with van der Waals surface area (Å²) in [5.74, 6) is -3.19. The van der Waals surface area contributed by atoms with Gasteiger partial charge in [-0.25, -0.2) is 0 Å². The number of nitrogens with two attached hydrogens (primary N) is 2. The monoisotopic (exact) mass is 312 g/mol. The Morgan fingerprint density at radius 3 is 1.48 bits per heavy atom. The maximum absolute atomic E-state index is 12.7. The second-order valence-corrected chi connectivity index (χ2v) is 5.08. The Morgan fingerprint density at radius 1 is 0.826 bits per heavy atom. The molecular weight excluding hydrogens is 296 g/mol. The number of ketones is 2. The number of carbonyl (C=O) groups is 3. The van der Waals surface area contributed by atoms with Gasteiger partial charge in [-0.3, -0.25) is 14.4 Å². The zero-order chi connectivity index (χ0) is 17.0. The van der Waals surface area contributed by atoms with Gasteiger partial charge >= 0.3 is 5.97 Å². The van der Waals surface area contributed by atoms with Crippen molar-refractivity contribution < 1.29 is 19.5 Å². The van der Waals surface area contributed by atoms with E-state index in [0.717, 1.165) is 0 Å². The largest absolute Gasteiger partial charge is 0.480 e. The third-order valence-corrected chi connectivity index (χ3v) is 3.58.